The maximum Gasteiger partial charge on any atom is 0.262 e. The number of carbonyl (C=O) groups is 1. The van der Waals surface area contributed by atoms with Crippen molar-refractivity contribution < 1.29 is 4.79 Å². The van der Waals surface area contributed by atoms with Crippen molar-refractivity contribution in [3.05, 3.63) is 69.5 Å². The fourth-order valence-electron chi connectivity index (χ4n) is 2.84. The normalized spacial score (nSPS) is 13.3. The SMILES string of the molecule is O=C(c1ccccc1Cl)N1CCn2c1nc1ccccc1c2=O. The molecule has 0 unspecified atom stereocenters. The molecular formula is C17H12ClN3O2. The fraction of sp³-hybridized carbons (Fsp3) is 0.118. The molecule has 1 aliphatic heterocycles. The van der Waals surface area contributed by atoms with Crippen LogP contribution >= 0.6 is 11.6 Å². The van der Waals surface area contributed by atoms with Crippen LogP contribution in [0.4, 0.5) is 5.95 Å². The molecule has 3 aromatic rings. The molecule has 0 saturated heterocycles. The van der Waals surface area contributed by atoms with Gasteiger partial charge in [-0.3, -0.25) is 19.1 Å². The number of hydrogen-bond acceptors (Lipinski definition) is 3. The third kappa shape index (κ3) is 2.12. The van der Waals surface area contributed by atoms with Crippen LogP contribution in [-0.2, 0) is 6.54 Å². The summed E-state index contributed by atoms with van der Waals surface area (Å²) in [6.45, 7) is 0.838. The van der Waals surface area contributed by atoms with Crippen molar-refractivity contribution in [1.29, 1.82) is 0 Å². The second kappa shape index (κ2) is 5.21. The van der Waals surface area contributed by atoms with Crippen molar-refractivity contribution in [1.82, 2.24) is 9.55 Å². The Bertz CT molecular complexity index is 997. The molecule has 5 nitrogen and oxygen atoms in total. The Labute approximate surface area is 136 Å². The van der Waals surface area contributed by atoms with Crippen LogP contribution in [0.2, 0.25) is 5.02 Å². The van der Waals surface area contributed by atoms with E-state index in [4.69, 9.17) is 11.6 Å². The predicted molar refractivity (Wildman–Crippen MR) is 89.1 cm³/mol. The number of benzene rings is 2. The minimum atomic E-state index is -0.246. The molecule has 2 heterocycles. The van der Waals surface area contributed by atoms with Crippen LogP contribution in [0, 0.1) is 0 Å². The van der Waals surface area contributed by atoms with E-state index in [-0.39, 0.29) is 11.5 Å². The second-order valence-electron chi connectivity index (χ2n) is 5.32. The second-order valence-corrected chi connectivity index (χ2v) is 5.73. The van der Waals surface area contributed by atoms with Gasteiger partial charge in [-0.1, -0.05) is 35.9 Å². The molecule has 0 N–H and O–H groups in total. The minimum Gasteiger partial charge on any atom is -0.276 e. The quantitative estimate of drug-likeness (QED) is 0.691. The van der Waals surface area contributed by atoms with Crippen molar-refractivity contribution in [2.45, 2.75) is 6.54 Å². The highest BCUT2D eigenvalue weighted by atomic mass is 35.5. The number of nitrogens with zero attached hydrogens (tertiary/aromatic N) is 3. The molecule has 0 bridgehead atoms. The van der Waals surface area contributed by atoms with Crippen molar-refractivity contribution in [2.24, 2.45) is 0 Å². The summed E-state index contributed by atoms with van der Waals surface area (Å²) in [7, 11) is 0. The summed E-state index contributed by atoms with van der Waals surface area (Å²) in [6, 6.07) is 14.0. The number of anilines is 1. The molecule has 0 spiro atoms. The van der Waals surface area contributed by atoms with Gasteiger partial charge < -0.3 is 0 Å². The summed E-state index contributed by atoms with van der Waals surface area (Å²) >= 11 is 6.11. The van der Waals surface area contributed by atoms with Gasteiger partial charge in [0.25, 0.3) is 11.5 Å². The van der Waals surface area contributed by atoms with Gasteiger partial charge >= 0.3 is 0 Å². The molecule has 0 aliphatic carbocycles. The van der Waals surface area contributed by atoms with Gasteiger partial charge in [0, 0.05) is 13.1 Å². The number of halogens is 1. The number of rotatable bonds is 1. The zero-order valence-electron chi connectivity index (χ0n) is 12.1. The molecule has 23 heavy (non-hydrogen) atoms. The Morgan fingerprint density at radius 2 is 1.78 bits per heavy atom. The van der Waals surface area contributed by atoms with E-state index >= 15 is 0 Å². The summed E-state index contributed by atoms with van der Waals surface area (Å²) < 4.78 is 1.54. The largest absolute Gasteiger partial charge is 0.276 e. The highest BCUT2D eigenvalue weighted by molar-refractivity contribution is 6.34. The first-order valence-electron chi connectivity index (χ1n) is 7.23. The van der Waals surface area contributed by atoms with Gasteiger partial charge in [-0.2, -0.15) is 0 Å². The van der Waals surface area contributed by atoms with Crippen molar-refractivity contribution in [2.75, 3.05) is 11.4 Å². The Morgan fingerprint density at radius 1 is 1.04 bits per heavy atom. The van der Waals surface area contributed by atoms with Crippen molar-refractivity contribution in [3.8, 4) is 0 Å². The van der Waals surface area contributed by atoms with Crippen LogP contribution in [0.25, 0.3) is 10.9 Å². The van der Waals surface area contributed by atoms with Crippen LogP contribution in [0.5, 0.6) is 0 Å². The van der Waals surface area contributed by atoms with E-state index in [0.717, 1.165) is 0 Å². The molecule has 6 heteroatoms. The number of hydrogen-bond donors (Lipinski definition) is 0. The van der Waals surface area contributed by atoms with E-state index in [0.29, 0.717) is 40.5 Å². The highest BCUT2D eigenvalue weighted by Crippen LogP contribution is 2.24. The third-order valence-corrected chi connectivity index (χ3v) is 4.31. The molecule has 0 saturated carbocycles. The Hall–Kier alpha value is -2.66. The van der Waals surface area contributed by atoms with Gasteiger partial charge in [-0.05, 0) is 24.3 Å². The van der Waals surface area contributed by atoms with Crippen LogP contribution in [0.3, 0.4) is 0 Å². The zero-order valence-corrected chi connectivity index (χ0v) is 12.8. The highest BCUT2D eigenvalue weighted by Gasteiger charge is 2.29. The van der Waals surface area contributed by atoms with Gasteiger partial charge in [0.05, 0.1) is 21.5 Å². The molecule has 4 rings (SSSR count). The smallest absolute Gasteiger partial charge is 0.262 e. The number of fused-ring (bicyclic) bond motifs is 2. The van der Waals surface area contributed by atoms with Gasteiger partial charge in [0.1, 0.15) is 0 Å². The lowest BCUT2D eigenvalue weighted by molar-refractivity contribution is 0.0989. The van der Waals surface area contributed by atoms with E-state index in [1.54, 1.807) is 42.5 Å². The first kappa shape index (κ1) is 14.0. The zero-order chi connectivity index (χ0) is 16.0. The number of para-hydroxylation sites is 1. The Kier molecular flexibility index (Phi) is 3.16. The summed E-state index contributed by atoms with van der Waals surface area (Å²) in [5.74, 6) is 0.127. The lowest BCUT2D eigenvalue weighted by Gasteiger charge is -2.16. The van der Waals surface area contributed by atoms with Crippen LogP contribution in [-0.4, -0.2) is 22.0 Å². The van der Waals surface area contributed by atoms with E-state index in [9.17, 15) is 9.59 Å². The molecule has 0 fully saturated rings. The molecule has 1 aromatic heterocycles. The minimum absolute atomic E-state index is 0.125. The summed E-state index contributed by atoms with van der Waals surface area (Å²) in [4.78, 5) is 31.3. The maximum absolute atomic E-state index is 12.8. The third-order valence-electron chi connectivity index (χ3n) is 3.98. The molecule has 1 amide bonds. The molecule has 114 valence electrons. The molecular weight excluding hydrogens is 314 g/mol. The Balaban J connectivity index is 1.86. The summed E-state index contributed by atoms with van der Waals surface area (Å²) in [6.07, 6.45) is 0. The lowest BCUT2D eigenvalue weighted by atomic mass is 10.2. The first-order chi connectivity index (χ1) is 11.2. The van der Waals surface area contributed by atoms with Gasteiger partial charge in [-0.25, -0.2) is 4.98 Å². The number of amides is 1. The number of aromatic nitrogens is 2. The average Bonchev–Trinajstić information content (AvgIpc) is 2.99. The first-order valence-corrected chi connectivity index (χ1v) is 7.60. The van der Waals surface area contributed by atoms with Crippen LogP contribution in [0.15, 0.2) is 53.3 Å². The summed E-state index contributed by atoms with van der Waals surface area (Å²) in [5.41, 5.74) is 0.868. The summed E-state index contributed by atoms with van der Waals surface area (Å²) in [5, 5.41) is 0.947. The van der Waals surface area contributed by atoms with Crippen LogP contribution < -0.4 is 10.5 Å². The monoisotopic (exact) mass is 325 g/mol. The van der Waals surface area contributed by atoms with Crippen molar-refractivity contribution in [3.63, 3.8) is 0 Å². The van der Waals surface area contributed by atoms with E-state index in [1.165, 1.54) is 9.47 Å². The fourth-order valence-corrected chi connectivity index (χ4v) is 3.05. The topological polar surface area (TPSA) is 55.2 Å². The van der Waals surface area contributed by atoms with Crippen LogP contribution in [0.1, 0.15) is 10.4 Å². The standard InChI is InChI=1S/C17H12ClN3O2/c18-13-7-3-1-5-11(13)15(22)20-9-10-21-16(23)12-6-2-4-8-14(12)19-17(20)21/h1-8H,9-10H2. The van der Waals surface area contributed by atoms with Gasteiger partial charge in [-0.15, -0.1) is 0 Å². The predicted octanol–water partition coefficient (Wildman–Crippen LogP) is 2.71. The lowest BCUT2D eigenvalue weighted by Crippen LogP contribution is -2.30. The van der Waals surface area contributed by atoms with Crippen molar-refractivity contribution >= 4 is 34.4 Å². The van der Waals surface area contributed by atoms with E-state index in [2.05, 4.69) is 4.98 Å². The maximum atomic E-state index is 12.8. The molecule has 0 atom stereocenters. The number of carbonyl (C=O) groups excluding carboxylic acids is 1. The molecule has 1 aliphatic rings. The average molecular weight is 326 g/mol. The Morgan fingerprint density at radius 3 is 2.61 bits per heavy atom. The van der Waals surface area contributed by atoms with E-state index in [1.807, 2.05) is 6.07 Å². The van der Waals surface area contributed by atoms with Gasteiger partial charge in [0.15, 0.2) is 0 Å². The van der Waals surface area contributed by atoms with E-state index < -0.39 is 0 Å². The molecule has 0 radical (unpaired) electrons. The molecule has 2 aromatic carbocycles. The van der Waals surface area contributed by atoms with Gasteiger partial charge in [0.2, 0.25) is 5.95 Å².